The second kappa shape index (κ2) is 8.61. The van der Waals surface area contributed by atoms with Crippen LogP contribution in [0.4, 0.5) is 0 Å². The minimum Gasteiger partial charge on any atom is -0.866 e. The predicted molar refractivity (Wildman–Crippen MR) is 28.2 cm³/mol. The Morgan fingerprint density at radius 1 is 1.45 bits per heavy atom. The van der Waals surface area contributed by atoms with Crippen molar-refractivity contribution in [1.29, 1.82) is 0 Å². The van der Waals surface area contributed by atoms with Crippen LogP contribution in [-0.4, -0.2) is 22.2 Å². The van der Waals surface area contributed by atoms with Gasteiger partial charge in [-0.25, -0.2) is 0 Å². The largest absolute Gasteiger partial charge is 1.00 e. The number of thiocarbonyl (C=S) groups is 1. The van der Waals surface area contributed by atoms with Gasteiger partial charge in [-0.2, -0.15) is 0 Å². The third-order valence-corrected chi connectivity index (χ3v) is 0.904. The van der Waals surface area contributed by atoms with Crippen molar-refractivity contribution >= 4 is 23.2 Å². The molecule has 0 spiro atoms. The molecule has 0 fully saturated rings. The summed E-state index contributed by atoms with van der Waals surface area (Å²) in [7, 11) is 0. The van der Waals surface area contributed by atoms with Gasteiger partial charge in [-0.1, -0.05) is 12.2 Å². The molecule has 0 amide bonds. The summed E-state index contributed by atoms with van der Waals surface area (Å²) < 4.78 is 0. The number of aliphatic carboxylic acids is 1. The first kappa shape index (κ1) is 17.6. The van der Waals surface area contributed by atoms with Crippen molar-refractivity contribution in [2.24, 2.45) is 0 Å². The third kappa shape index (κ3) is 10.5. The number of carboxylic acid groups (broad SMARTS) is 1. The minimum atomic E-state index is -1.59. The van der Waals surface area contributed by atoms with E-state index in [2.05, 4.69) is 12.2 Å². The van der Waals surface area contributed by atoms with Crippen LogP contribution < -0.4 is 47.9 Å². The maximum Gasteiger partial charge on any atom is 1.00 e. The van der Waals surface area contributed by atoms with Crippen LogP contribution >= 0.6 is 12.2 Å². The quantitative estimate of drug-likeness (QED) is 0.329. The van der Waals surface area contributed by atoms with Crippen LogP contribution in [-0.2, 0) is 4.79 Å². The van der Waals surface area contributed by atoms with E-state index in [1.165, 1.54) is 0 Å². The molecule has 0 radical (unpaired) electrons. The fraction of sp³-hybridized carbons (Fsp3) is 0.500. The van der Waals surface area contributed by atoms with Crippen molar-refractivity contribution in [3.8, 4) is 0 Å². The Bertz CT molecular complexity index is 140. The van der Waals surface area contributed by atoms with Gasteiger partial charge in [0.15, 0.2) is 0 Å². The van der Waals surface area contributed by atoms with Gasteiger partial charge in [0.05, 0.1) is 6.10 Å². The number of carboxylic acids is 1. The van der Waals surface area contributed by atoms with E-state index in [0.29, 0.717) is 0 Å². The molecule has 0 saturated carbocycles. The number of carbonyl (C=O) groups is 1. The van der Waals surface area contributed by atoms with Crippen molar-refractivity contribution in [3.05, 3.63) is 0 Å². The molecular formula is C4H4Li2O4S. The zero-order valence-corrected chi connectivity index (χ0v) is 7.18. The zero-order valence-electron chi connectivity index (χ0n) is 6.36. The molecule has 0 heterocycles. The van der Waals surface area contributed by atoms with Crippen LogP contribution in [0.25, 0.3) is 0 Å². The summed E-state index contributed by atoms with van der Waals surface area (Å²) in [5.74, 6) is -1.49. The number of aliphatic hydroxyl groups excluding tert-OH is 1. The van der Waals surface area contributed by atoms with E-state index >= 15 is 0 Å². The second-order valence-corrected chi connectivity index (χ2v) is 1.81. The van der Waals surface area contributed by atoms with Crippen molar-refractivity contribution in [2.75, 3.05) is 0 Å². The fourth-order valence-corrected chi connectivity index (χ4v) is 0.325. The Morgan fingerprint density at radius 3 is 1.91 bits per heavy atom. The smallest absolute Gasteiger partial charge is 0.866 e. The summed E-state index contributed by atoms with van der Waals surface area (Å²) in [6, 6.07) is 0. The van der Waals surface area contributed by atoms with Crippen molar-refractivity contribution in [3.63, 3.8) is 0 Å². The summed E-state index contributed by atoms with van der Waals surface area (Å²) in [4.78, 5) is 9.64. The van der Waals surface area contributed by atoms with E-state index in [-0.39, 0.29) is 37.7 Å². The van der Waals surface area contributed by atoms with Crippen molar-refractivity contribution < 1.29 is 57.8 Å². The van der Waals surface area contributed by atoms with E-state index in [4.69, 9.17) is 5.11 Å². The average molecular weight is 162 g/mol. The molecule has 0 aromatic carbocycles. The van der Waals surface area contributed by atoms with Crippen molar-refractivity contribution in [1.82, 2.24) is 0 Å². The zero-order chi connectivity index (χ0) is 7.44. The average Bonchev–Trinajstić information content (AvgIpc) is 1.63. The first-order chi connectivity index (χ1) is 4.04. The Kier molecular flexibility index (Phi) is 13.7. The van der Waals surface area contributed by atoms with Gasteiger partial charge >= 0.3 is 37.7 Å². The van der Waals surface area contributed by atoms with Gasteiger partial charge in [-0.15, -0.1) is 0 Å². The molecule has 0 aliphatic carbocycles. The molecule has 1 unspecified atom stereocenters. The standard InChI is InChI=1S/C4H6O4S.2Li/c5-2(4(8)9)1-3(6)7;;/h2,5H,1H2,(H,6,7)(H,8,9);;/q;2*+1/p-2. The molecule has 1 N–H and O–H groups in total. The van der Waals surface area contributed by atoms with E-state index in [1.54, 1.807) is 0 Å². The number of hydrogen-bond donors (Lipinski definition) is 1. The van der Waals surface area contributed by atoms with E-state index in [1.807, 2.05) is 0 Å². The SMILES string of the molecule is O=C([O-])CC(O)C([O-])=S.[Li+].[Li+]. The molecule has 7 heteroatoms. The molecule has 0 bridgehead atoms. The van der Waals surface area contributed by atoms with Crippen molar-refractivity contribution in [2.45, 2.75) is 12.5 Å². The first-order valence-electron chi connectivity index (χ1n) is 2.13. The van der Waals surface area contributed by atoms with E-state index < -0.39 is 23.5 Å². The molecule has 0 aromatic heterocycles. The van der Waals surface area contributed by atoms with E-state index in [9.17, 15) is 15.0 Å². The molecule has 0 saturated heterocycles. The van der Waals surface area contributed by atoms with Crippen LogP contribution in [0.3, 0.4) is 0 Å². The predicted octanol–water partition coefficient (Wildman–Crippen LogP) is -8.82. The van der Waals surface area contributed by atoms with Crippen LogP contribution in [0.1, 0.15) is 6.42 Å². The van der Waals surface area contributed by atoms with Gasteiger partial charge < -0.3 is 20.1 Å². The molecule has 11 heavy (non-hydrogen) atoms. The molecular weight excluding hydrogens is 158 g/mol. The summed E-state index contributed by atoms with van der Waals surface area (Å²) in [5.41, 5.74) is 0. The van der Waals surface area contributed by atoms with Gasteiger partial charge in [0.1, 0.15) is 0 Å². The van der Waals surface area contributed by atoms with Crippen LogP contribution in [0.5, 0.6) is 0 Å². The second-order valence-electron chi connectivity index (χ2n) is 1.41. The molecule has 4 nitrogen and oxygen atoms in total. The minimum absolute atomic E-state index is 0. The molecule has 0 aliphatic rings. The molecule has 1 atom stereocenters. The Labute approximate surface area is 93.3 Å². The number of rotatable bonds is 3. The number of carbonyl (C=O) groups excluding carboxylic acids is 1. The Hall–Kier alpha value is 0.515. The maximum atomic E-state index is 9.95. The Morgan fingerprint density at radius 2 is 1.82 bits per heavy atom. The third-order valence-electron chi connectivity index (χ3n) is 0.632. The topological polar surface area (TPSA) is 83.4 Å². The first-order valence-corrected chi connectivity index (χ1v) is 2.53. The van der Waals surface area contributed by atoms with Crippen LogP contribution in [0.2, 0.25) is 0 Å². The van der Waals surface area contributed by atoms with E-state index in [0.717, 1.165) is 0 Å². The van der Waals surface area contributed by atoms with Gasteiger partial charge in [0.25, 0.3) is 0 Å². The summed E-state index contributed by atoms with van der Waals surface area (Å²) in [6.07, 6.45) is -2.31. The number of aliphatic hydroxyl groups is 1. The fourth-order valence-electron chi connectivity index (χ4n) is 0.241. The molecule has 0 aromatic rings. The Balaban J connectivity index is -0.000000320. The maximum absolute atomic E-state index is 9.95. The summed E-state index contributed by atoms with van der Waals surface area (Å²) in [6.45, 7) is 0. The van der Waals surface area contributed by atoms with Crippen LogP contribution in [0.15, 0.2) is 0 Å². The molecule has 52 valence electrons. The number of hydrogen-bond acceptors (Lipinski definition) is 5. The normalized spacial score (nSPS) is 10.3. The van der Waals surface area contributed by atoms with Crippen LogP contribution in [0, 0.1) is 0 Å². The summed E-state index contributed by atoms with van der Waals surface area (Å²) >= 11 is 3.94. The van der Waals surface area contributed by atoms with Gasteiger partial charge in [0.2, 0.25) is 0 Å². The summed E-state index contributed by atoms with van der Waals surface area (Å²) in [5, 5.41) is 27.0. The molecule has 0 rings (SSSR count). The van der Waals surface area contributed by atoms with Gasteiger partial charge in [-0.05, 0) is 5.05 Å². The van der Waals surface area contributed by atoms with Gasteiger partial charge in [-0.3, -0.25) is 0 Å². The monoisotopic (exact) mass is 162 g/mol. The van der Waals surface area contributed by atoms with Gasteiger partial charge in [0, 0.05) is 12.4 Å². The molecule has 0 aliphatic heterocycles.